The SMILES string of the molecule is CCN(CC)CCNC1CC(OC)C1(C)C. The van der Waals surface area contributed by atoms with E-state index in [1.165, 1.54) is 0 Å². The first-order chi connectivity index (χ1) is 7.56. The van der Waals surface area contributed by atoms with Crippen LogP contribution >= 0.6 is 0 Å². The van der Waals surface area contributed by atoms with E-state index in [0.29, 0.717) is 12.1 Å². The number of rotatable bonds is 7. The molecule has 16 heavy (non-hydrogen) atoms. The van der Waals surface area contributed by atoms with Gasteiger partial charge in [-0.2, -0.15) is 0 Å². The minimum atomic E-state index is 0.290. The van der Waals surface area contributed by atoms with Gasteiger partial charge in [-0.15, -0.1) is 0 Å². The van der Waals surface area contributed by atoms with Crippen LogP contribution in [0, 0.1) is 5.41 Å². The van der Waals surface area contributed by atoms with Crippen LogP contribution in [-0.2, 0) is 4.74 Å². The van der Waals surface area contributed by atoms with Gasteiger partial charge in [0.25, 0.3) is 0 Å². The summed E-state index contributed by atoms with van der Waals surface area (Å²) < 4.78 is 5.45. The van der Waals surface area contributed by atoms with Gasteiger partial charge in [-0.1, -0.05) is 27.7 Å². The summed E-state index contributed by atoms with van der Waals surface area (Å²) in [6.45, 7) is 13.6. The van der Waals surface area contributed by atoms with Crippen molar-refractivity contribution in [2.75, 3.05) is 33.3 Å². The molecule has 1 N–H and O–H groups in total. The highest BCUT2D eigenvalue weighted by Gasteiger charge is 2.47. The molecule has 0 aromatic carbocycles. The zero-order valence-electron chi connectivity index (χ0n) is 11.5. The summed E-state index contributed by atoms with van der Waals surface area (Å²) in [6.07, 6.45) is 1.58. The summed E-state index contributed by atoms with van der Waals surface area (Å²) in [5, 5.41) is 3.65. The van der Waals surface area contributed by atoms with E-state index in [1.54, 1.807) is 0 Å². The maximum Gasteiger partial charge on any atom is 0.0652 e. The third-order valence-corrected chi connectivity index (χ3v) is 4.18. The summed E-state index contributed by atoms with van der Waals surface area (Å²) >= 11 is 0. The monoisotopic (exact) mass is 228 g/mol. The number of hydrogen-bond acceptors (Lipinski definition) is 3. The molecule has 0 saturated heterocycles. The lowest BCUT2D eigenvalue weighted by molar-refractivity contribution is -0.0975. The first-order valence-corrected chi connectivity index (χ1v) is 6.54. The average Bonchev–Trinajstić information content (AvgIpc) is 2.27. The van der Waals surface area contributed by atoms with Crippen LogP contribution in [0.3, 0.4) is 0 Å². The highest BCUT2D eigenvalue weighted by Crippen LogP contribution is 2.42. The van der Waals surface area contributed by atoms with E-state index in [2.05, 4.69) is 37.9 Å². The molecule has 3 nitrogen and oxygen atoms in total. The molecule has 1 aliphatic carbocycles. The van der Waals surface area contributed by atoms with Crippen LogP contribution in [-0.4, -0.2) is 50.3 Å². The molecule has 1 saturated carbocycles. The van der Waals surface area contributed by atoms with Crippen molar-refractivity contribution in [1.29, 1.82) is 0 Å². The summed E-state index contributed by atoms with van der Waals surface area (Å²) in [6, 6.07) is 0.619. The Morgan fingerprint density at radius 1 is 1.31 bits per heavy atom. The molecule has 0 aromatic heterocycles. The highest BCUT2D eigenvalue weighted by molar-refractivity contribution is 5.02. The minimum absolute atomic E-state index is 0.290. The van der Waals surface area contributed by atoms with Crippen LogP contribution in [0.4, 0.5) is 0 Å². The summed E-state index contributed by atoms with van der Waals surface area (Å²) in [5.74, 6) is 0. The van der Waals surface area contributed by atoms with Gasteiger partial charge in [0.15, 0.2) is 0 Å². The van der Waals surface area contributed by atoms with Gasteiger partial charge < -0.3 is 15.0 Å². The molecule has 96 valence electrons. The standard InChI is InChI=1S/C13H28N2O/c1-6-15(7-2)9-8-14-11-10-12(16-5)13(11,3)4/h11-12,14H,6-10H2,1-5H3. The molecular formula is C13H28N2O. The number of hydrogen-bond donors (Lipinski definition) is 1. The van der Waals surface area contributed by atoms with Gasteiger partial charge in [-0.3, -0.25) is 0 Å². The second kappa shape index (κ2) is 5.99. The van der Waals surface area contributed by atoms with Gasteiger partial charge in [0.1, 0.15) is 0 Å². The minimum Gasteiger partial charge on any atom is -0.381 e. The van der Waals surface area contributed by atoms with Gasteiger partial charge in [0.2, 0.25) is 0 Å². The summed E-state index contributed by atoms with van der Waals surface area (Å²) in [4.78, 5) is 2.45. The molecular weight excluding hydrogens is 200 g/mol. The topological polar surface area (TPSA) is 24.5 Å². The molecule has 0 bridgehead atoms. The zero-order chi connectivity index (χ0) is 12.2. The average molecular weight is 228 g/mol. The Hall–Kier alpha value is -0.120. The smallest absolute Gasteiger partial charge is 0.0652 e. The lowest BCUT2D eigenvalue weighted by atomic mass is 9.64. The number of ether oxygens (including phenoxy) is 1. The second-order valence-electron chi connectivity index (χ2n) is 5.32. The van der Waals surface area contributed by atoms with Crippen molar-refractivity contribution < 1.29 is 4.74 Å². The summed E-state index contributed by atoms with van der Waals surface area (Å²) in [5.41, 5.74) is 0.290. The van der Waals surface area contributed by atoms with Gasteiger partial charge >= 0.3 is 0 Å². The third-order valence-electron chi connectivity index (χ3n) is 4.18. The fourth-order valence-corrected chi connectivity index (χ4v) is 2.57. The molecule has 0 spiro atoms. The van der Waals surface area contributed by atoms with Crippen LogP contribution in [0.2, 0.25) is 0 Å². The van der Waals surface area contributed by atoms with Crippen molar-refractivity contribution in [1.82, 2.24) is 10.2 Å². The van der Waals surface area contributed by atoms with Gasteiger partial charge in [-0.25, -0.2) is 0 Å². The van der Waals surface area contributed by atoms with Crippen molar-refractivity contribution in [3.8, 4) is 0 Å². The Labute approximate surface area is 101 Å². The quantitative estimate of drug-likeness (QED) is 0.718. The van der Waals surface area contributed by atoms with Crippen molar-refractivity contribution in [2.45, 2.75) is 46.3 Å². The van der Waals surface area contributed by atoms with E-state index in [1.807, 2.05) is 7.11 Å². The third kappa shape index (κ3) is 2.96. The number of methoxy groups -OCH3 is 1. The van der Waals surface area contributed by atoms with Crippen molar-refractivity contribution in [3.05, 3.63) is 0 Å². The summed E-state index contributed by atoms with van der Waals surface area (Å²) in [7, 11) is 1.82. The second-order valence-corrected chi connectivity index (χ2v) is 5.32. The molecule has 0 radical (unpaired) electrons. The fraction of sp³-hybridized carbons (Fsp3) is 1.00. The highest BCUT2D eigenvalue weighted by atomic mass is 16.5. The van der Waals surface area contributed by atoms with Crippen molar-refractivity contribution >= 4 is 0 Å². The first kappa shape index (κ1) is 13.9. The molecule has 1 fully saturated rings. The van der Waals surface area contributed by atoms with E-state index in [-0.39, 0.29) is 5.41 Å². The van der Waals surface area contributed by atoms with E-state index >= 15 is 0 Å². The molecule has 1 aliphatic rings. The predicted molar refractivity (Wildman–Crippen MR) is 68.8 cm³/mol. The van der Waals surface area contributed by atoms with Crippen molar-refractivity contribution in [3.63, 3.8) is 0 Å². The lowest BCUT2D eigenvalue weighted by Gasteiger charge is -2.51. The van der Waals surface area contributed by atoms with Crippen LogP contribution < -0.4 is 5.32 Å². The Kier molecular flexibility index (Phi) is 5.22. The Balaban J connectivity index is 2.20. The van der Waals surface area contributed by atoms with E-state index in [9.17, 15) is 0 Å². The molecule has 0 aromatic rings. The van der Waals surface area contributed by atoms with Gasteiger partial charge in [0.05, 0.1) is 6.10 Å². The number of likely N-dealkylation sites (N-methyl/N-ethyl adjacent to an activating group) is 1. The molecule has 0 aliphatic heterocycles. The van der Waals surface area contributed by atoms with E-state index < -0.39 is 0 Å². The number of nitrogens with zero attached hydrogens (tertiary/aromatic N) is 1. The zero-order valence-corrected chi connectivity index (χ0v) is 11.5. The molecule has 0 amide bonds. The molecule has 3 heteroatoms. The van der Waals surface area contributed by atoms with E-state index in [0.717, 1.165) is 32.6 Å². The Bertz CT molecular complexity index is 202. The van der Waals surface area contributed by atoms with Gasteiger partial charge in [0, 0.05) is 31.7 Å². The number of nitrogens with one attached hydrogen (secondary N) is 1. The molecule has 0 heterocycles. The predicted octanol–water partition coefficient (Wildman–Crippen LogP) is 1.73. The molecule has 1 rings (SSSR count). The Morgan fingerprint density at radius 3 is 2.38 bits per heavy atom. The van der Waals surface area contributed by atoms with Crippen LogP contribution in [0.25, 0.3) is 0 Å². The fourth-order valence-electron chi connectivity index (χ4n) is 2.57. The normalized spacial score (nSPS) is 28.1. The van der Waals surface area contributed by atoms with Crippen LogP contribution in [0.15, 0.2) is 0 Å². The van der Waals surface area contributed by atoms with Gasteiger partial charge in [-0.05, 0) is 19.5 Å². The van der Waals surface area contributed by atoms with Crippen LogP contribution in [0.5, 0.6) is 0 Å². The first-order valence-electron chi connectivity index (χ1n) is 6.54. The van der Waals surface area contributed by atoms with Crippen LogP contribution in [0.1, 0.15) is 34.1 Å². The lowest BCUT2D eigenvalue weighted by Crippen LogP contribution is -2.61. The van der Waals surface area contributed by atoms with E-state index in [4.69, 9.17) is 4.74 Å². The maximum atomic E-state index is 5.45. The maximum absolute atomic E-state index is 5.45. The largest absolute Gasteiger partial charge is 0.381 e. The molecule has 2 unspecified atom stereocenters. The molecule has 2 atom stereocenters. The Morgan fingerprint density at radius 2 is 1.94 bits per heavy atom. The van der Waals surface area contributed by atoms with Crippen molar-refractivity contribution in [2.24, 2.45) is 5.41 Å².